The molecule has 5 rings (SSSR count). The third-order valence-corrected chi connectivity index (χ3v) is 10.7. The average Bonchev–Trinajstić information content (AvgIpc) is 3.27. The van der Waals surface area contributed by atoms with Crippen molar-refractivity contribution in [2.45, 2.75) is 92.0 Å². The number of hydrogen-bond donors (Lipinski definition) is 2. The van der Waals surface area contributed by atoms with Crippen molar-refractivity contribution in [2.24, 2.45) is 52.1 Å². The summed E-state index contributed by atoms with van der Waals surface area (Å²) in [6.45, 7) is 12.0. The lowest BCUT2D eigenvalue weighted by atomic mass is 9.47. The van der Waals surface area contributed by atoms with Gasteiger partial charge in [-0.3, -0.25) is 4.79 Å². The van der Waals surface area contributed by atoms with Crippen LogP contribution in [0.15, 0.2) is 35.1 Å². The molecule has 0 aromatic heterocycles. The van der Waals surface area contributed by atoms with Crippen molar-refractivity contribution in [3.05, 3.63) is 35.1 Å². The largest absolute Gasteiger partial charge is 0.328 e. The van der Waals surface area contributed by atoms with Crippen molar-refractivity contribution in [3.63, 3.8) is 0 Å². The molecule has 3 fully saturated rings. The van der Waals surface area contributed by atoms with E-state index in [1.807, 2.05) is 5.57 Å². The zero-order valence-electron chi connectivity index (χ0n) is 20.9. The number of fused-ring (bicyclic) bond motifs is 5. The summed E-state index contributed by atoms with van der Waals surface area (Å²) in [6.07, 6.45) is 17.2. The lowest BCUT2D eigenvalue weighted by Crippen LogP contribution is -2.50. The van der Waals surface area contributed by atoms with Gasteiger partial charge in [-0.15, -0.1) is 0 Å². The van der Waals surface area contributed by atoms with Crippen LogP contribution < -0.4 is 11.1 Å². The lowest BCUT2D eigenvalue weighted by molar-refractivity contribution is -0.115. The number of carbonyl (C=O) groups is 1. The summed E-state index contributed by atoms with van der Waals surface area (Å²) in [4.78, 5) is 12.0. The van der Waals surface area contributed by atoms with Gasteiger partial charge in [-0.2, -0.15) is 0 Å². The first-order valence-electron chi connectivity index (χ1n) is 13.3. The van der Waals surface area contributed by atoms with Gasteiger partial charge in [-0.1, -0.05) is 52.3 Å². The van der Waals surface area contributed by atoms with Crippen molar-refractivity contribution in [2.75, 3.05) is 0 Å². The maximum atomic E-state index is 12.0. The molecule has 32 heavy (non-hydrogen) atoms. The molecule has 5 aliphatic rings. The van der Waals surface area contributed by atoms with Crippen LogP contribution in [0.3, 0.4) is 0 Å². The summed E-state index contributed by atoms with van der Waals surface area (Å²) in [5.41, 5.74) is 11.3. The molecule has 0 bridgehead atoms. The highest BCUT2D eigenvalue weighted by Gasteiger charge is 2.58. The summed E-state index contributed by atoms with van der Waals surface area (Å²) in [6, 6.07) is 0.419. The van der Waals surface area contributed by atoms with Crippen LogP contribution in [0.2, 0.25) is 0 Å². The minimum absolute atomic E-state index is 0.0468. The van der Waals surface area contributed by atoms with Gasteiger partial charge in [0.1, 0.15) is 0 Å². The number of amides is 1. The molecule has 0 spiro atoms. The molecule has 1 heterocycles. The summed E-state index contributed by atoms with van der Waals surface area (Å²) < 4.78 is 0. The Morgan fingerprint density at radius 3 is 2.53 bits per heavy atom. The molecule has 0 saturated heterocycles. The van der Waals surface area contributed by atoms with E-state index in [-0.39, 0.29) is 5.91 Å². The van der Waals surface area contributed by atoms with Crippen LogP contribution in [0.5, 0.6) is 0 Å². The third-order valence-electron chi connectivity index (χ3n) is 10.7. The van der Waals surface area contributed by atoms with Crippen molar-refractivity contribution in [3.8, 4) is 0 Å². The molecular weight excluding hydrogens is 392 g/mol. The molecule has 0 aromatic carbocycles. The molecule has 0 aromatic rings. The van der Waals surface area contributed by atoms with E-state index in [9.17, 15) is 4.79 Å². The Balaban J connectivity index is 1.39. The Kier molecular flexibility index (Phi) is 5.51. The second-order valence-corrected chi connectivity index (χ2v) is 12.7. The zero-order chi connectivity index (χ0) is 22.8. The highest BCUT2D eigenvalue weighted by atomic mass is 16.1. The Hall–Kier alpha value is -1.35. The van der Waals surface area contributed by atoms with Crippen molar-refractivity contribution in [1.29, 1.82) is 0 Å². The van der Waals surface area contributed by atoms with Gasteiger partial charge in [-0.05, 0) is 103 Å². The number of hydrogen-bond acceptors (Lipinski definition) is 2. The van der Waals surface area contributed by atoms with E-state index in [1.165, 1.54) is 56.9 Å². The second-order valence-electron chi connectivity index (χ2n) is 12.7. The van der Waals surface area contributed by atoms with E-state index < -0.39 is 0 Å². The van der Waals surface area contributed by atoms with Crippen LogP contribution in [0.25, 0.3) is 0 Å². The van der Waals surface area contributed by atoms with Gasteiger partial charge in [0, 0.05) is 17.8 Å². The average molecular weight is 437 g/mol. The minimum Gasteiger partial charge on any atom is -0.328 e. The van der Waals surface area contributed by atoms with Gasteiger partial charge in [0.15, 0.2) is 0 Å². The van der Waals surface area contributed by atoms with Gasteiger partial charge in [0.2, 0.25) is 5.91 Å². The number of carbonyl (C=O) groups excluding carboxylic acids is 1. The SMILES string of the molecule is CC(C)C1=CC(=O)NC1=C[C@@H](C)[C@H]1CCC2C3=CCC4C[C@H](N)CC[C@]4(C)C3CC[C@@]21C. The maximum Gasteiger partial charge on any atom is 0.248 e. The first-order chi connectivity index (χ1) is 15.1. The molecule has 1 aliphatic heterocycles. The van der Waals surface area contributed by atoms with Crippen molar-refractivity contribution in [1.82, 2.24) is 5.32 Å². The molecule has 3 saturated carbocycles. The lowest BCUT2D eigenvalue weighted by Gasteiger charge is -2.58. The van der Waals surface area contributed by atoms with Gasteiger partial charge < -0.3 is 11.1 Å². The predicted octanol–water partition coefficient (Wildman–Crippen LogP) is 6.12. The third kappa shape index (κ3) is 3.37. The van der Waals surface area contributed by atoms with E-state index in [4.69, 9.17) is 5.73 Å². The first-order valence-corrected chi connectivity index (χ1v) is 13.3. The van der Waals surface area contributed by atoms with Crippen LogP contribution in [0.4, 0.5) is 0 Å². The highest BCUT2D eigenvalue weighted by Crippen LogP contribution is 2.66. The van der Waals surface area contributed by atoms with Gasteiger partial charge in [-0.25, -0.2) is 0 Å². The summed E-state index contributed by atoms with van der Waals surface area (Å²) in [5, 5.41) is 3.12. The molecule has 0 radical (unpaired) electrons. The van der Waals surface area contributed by atoms with Crippen LogP contribution in [-0.4, -0.2) is 11.9 Å². The van der Waals surface area contributed by atoms with Crippen LogP contribution in [0, 0.1) is 46.3 Å². The second kappa shape index (κ2) is 7.86. The zero-order valence-corrected chi connectivity index (χ0v) is 20.9. The van der Waals surface area contributed by atoms with Crippen LogP contribution in [0.1, 0.15) is 86.0 Å². The Bertz CT molecular complexity index is 882. The number of nitrogens with two attached hydrogens (primary N) is 1. The molecule has 8 atom stereocenters. The van der Waals surface area contributed by atoms with Crippen LogP contribution in [-0.2, 0) is 4.79 Å². The Morgan fingerprint density at radius 2 is 1.78 bits per heavy atom. The van der Waals surface area contributed by atoms with E-state index in [0.29, 0.717) is 34.6 Å². The standard InChI is InChI=1S/C29H44N2O/c1-17(2)22-16-27(32)31-26(22)14-18(3)23-8-9-24-21-7-6-19-15-20(30)10-12-28(19,4)25(21)11-13-29(23,24)5/h7,14,16-20,23-25H,6,8-13,15,30H2,1-5H3,(H,31,32)/t18-,19?,20-,23-,24?,25?,28+,29-/m1/s1. The van der Waals surface area contributed by atoms with Gasteiger partial charge in [0.25, 0.3) is 0 Å². The van der Waals surface area contributed by atoms with Crippen molar-refractivity contribution < 1.29 is 4.79 Å². The maximum absolute atomic E-state index is 12.0. The van der Waals surface area contributed by atoms with Crippen LogP contribution >= 0.6 is 0 Å². The molecule has 1 amide bonds. The molecular formula is C29H44N2O. The van der Waals surface area contributed by atoms with E-state index in [0.717, 1.165) is 23.5 Å². The van der Waals surface area contributed by atoms with E-state index in [1.54, 1.807) is 6.08 Å². The van der Waals surface area contributed by atoms with Gasteiger partial charge in [0.05, 0.1) is 0 Å². The molecule has 3 nitrogen and oxygen atoms in total. The molecule has 4 aliphatic carbocycles. The normalized spacial score (nSPS) is 45.7. The topological polar surface area (TPSA) is 55.1 Å². The minimum atomic E-state index is 0.0468. The Morgan fingerprint density at radius 1 is 1.06 bits per heavy atom. The van der Waals surface area contributed by atoms with Crippen molar-refractivity contribution >= 4 is 5.91 Å². The molecule has 3 heteroatoms. The molecule has 3 N–H and O–H groups in total. The predicted molar refractivity (Wildman–Crippen MR) is 131 cm³/mol. The highest BCUT2D eigenvalue weighted by molar-refractivity contribution is 5.94. The number of nitrogens with one attached hydrogen (secondary N) is 1. The van der Waals surface area contributed by atoms with Gasteiger partial charge >= 0.3 is 0 Å². The smallest absolute Gasteiger partial charge is 0.248 e. The van der Waals surface area contributed by atoms with E-state index in [2.05, 4.69) is 52.1 Å². The quantitative estimate of drug-likeness (QED) is 0.523. The number of allylic oxidation sites excluding steroid dienone is 4. The summed E-state index contributed by atoms with van der Waals surface area (Å²) >= 11 is 0. The first kappa shape index (κ1) is 22.4. The fourth-order valence-electron chi connectivity index (χ4n) is 8.90. The monoisotopic (exact) mass is 436 g/mol. The van der Waals surface area contributed by atoms with E-state index >= 15 is 0 Å². The summed E-state index contributed by atoms with van der Waals surface area (Å²) in [5.74, 6) is 3.92. The Labute approximate surface area is 195 Å². The molecule has 3 unspecified atom stereocenters. The summed E-state index contributed by atoms with van der Waals surface area (Å²) in [7, 11) is 0. The fourth-order valence-corrected chi connectivity index (χ4v) is 8.90. The fraction of sp³-hybridized carbons (Fsp3) is 0.759. The molecule has 176 valence electrons. The number of rotatable bonds is 3.